The van der Waals surface area contributed by atoms with E-state index in [1.807, 2.05) is 26.0 Å². The van der Waals surface area contributed by atoms with E-state index in [1.165, 1.54) is 47.3 Å². The maximum atomic E-state index is 13.8. The summed E-state index contributed by atoms with van der Waals surface area (Å²) in [6.07, 6.45) is 1.32. The molecule has 0 N–H and O–H groups in total. The zero-order chi connectivity index (χ0) is 32.2. The van der Waals surface area contributed by atoms with Gasteiger partial charge in [-0.2, -0.15) is 9.78 Å². The summed E-state index contributed by atoms with van der Waals surface area (Å²) in [7, 11) is 0. The number of nitro benzene ring substituents is 1. The fraction of sp³-hybridized carbons (Fsp3) is 0.206. The minimum Gasteiger partial charge on any atom is -0.494 e. The van der Waals surface area contributed by atoms with Crippen LogP contribution in [0.15, 0.2) is 82.7 Å². The van der Waals surface area contributed by atoms with E-state index in [-0.39, 0.29) is 34.5 Å². The van der Waals surface area contributed by atoms with E-state index >= 15 is 0 Å². The van der Waals surface area contributed by atoms with Crippen LogP contribution in [-0.2, 0) is 6.61 Å². The van der Waals surface area contributed by atoms with Gasteiger partial charge in [-0.1, -0.05) is 49.7 Å². The van der Waals surface area contributed by atoms with Gasteiger partial charge in [0.1, 0.15) is 18.2 Å². The minimum absolute atomic E-state index is 0.0269. The molecule has 1 heterocycles. The van der Waals surface area contributed by atoms with Crippen LogP contribution in [-0.4, -0.2) is 27.4 Å². The third kappa shape index (κ3) is 6.71. The van der Waals surface area contributed by atoms with Gasteiger partial charge in [-0.15, -0.1) is 0 Å². The fourth-order valence-electron chi connectivity index (χ4n) is 4.89. The average Bonchev–Trinajstić information content (AvgIpc) is 3.00. The van der Waals surface area contributed by atoms with E-state index < -0.39 is 16.3 Å². The third-order valence-electron chi connectivity index (χ3n) is 7.14. The molecule has 0 atom stereocenters. The first-order valence-corrected chi connectivity index (χ1v) is 14.6. The summed E-state index contributed by atoms with van der Waals surface area (Å²) in [6.45, 7) is 8.39. The average molecular weight is 629 g/mol. The zero-order valence-electron chi connectivity index (χ0n) is 25.1. The first-order chi connectivity index (χ1) is 21.6. The molecule has 5 aromatic rings. The Morgan fingerprint density at radius 1 is 1.09 bits per heavy atom. The standard InChI is InChI=1S/C34H30ClFN4O5/c1-5-44-31-14-21(4)27(17-26(31)20(2)3)33-38-29-9-7-6-8-25(29)34(41)39(33)37-18-23-15-28(35)32(30(16-23)40(42)43)45-19-22-10-12-24(36)13-11-22/h6-18,20H,5,19H2,1-4H3. The highest BCUT2D eigenvalue weighted by Gasteiger charge is 2.22. The quantitative estimate of drug-likeness (QED) is 0.0879. The van der Waals surface area contributed by atoms with Crippen molar-refractivity contribution >= 4 is 34.4 Å². The van der Waals surface area contributed by atoms with Crippen LogP contribution >= 0.6 is 11.6 Å². The van der Waals surface area contributed by atoms with Crippen LogP contribution in [0.4, 0.5) is 10.1 Å². The predicted molar refractivity (Wildman–Crippen MR) is 173 cm³/mol. The summed E-state index contributed by atoms with van der Waals surface area (Å²) >= 11 is 6.45. The smallest absolute Gasteiger partial charge is 0.313 e. The van der Waals surface area contributed by atoms with Gasteiger partial charge in [0, 0.05) is 17.2 Å². The molecule has 0 spiro atoms. The van der Waals surface area contributed by atoms with Gasteiger partial charge in [-0.05, 0) is 78.9 Å². The number of rotatable bonds is 10. The number of halogens is 2. The monoisotopic (exact) mass is 628 g/mol. The van der Waals surface area contributed by atoms with Crippen molar-refractivity contribution in [2.24, 2.45) is 5.10 Å². The van der Waals surface area contributed by atoms with Crippen molar-refractivity contribution in [3.05, 3.63) is 126 Å². The molecule has 0 unspecified atom stereocenters. The number of para-hydroxylation sites is 1. The van der Waals surface area contributed by atoms with Crippen LogP contribution in [0.25, 0.3) is 22.3 Å². The number of hydrogen-bond acceptors (Lipinski definition) is 7. The molecular formula is C34H30ClFN4O5. The molecule has 4 aromatic carbocycles. The molecule has 5 rings (SSSR count). The van der Waals surface area contributed by atoms with Crippen LogP contribution in [0.3, 0.4) is 0 Å². The lowest BCUT2D eigenvalue weighted by Crippen LogP contribution is -2.21. The zero-order valence-corrected chi connectivity index (χ0v) is 25.8. The van der Waals surface area contributed by atoms with Gasteiger partial charge in [0.2, 0.25) is 5.75 Å². The molecule has 230 valence electrons. The molecule has 0 bridgehead atoms. The van der Waals surface area contributed by atoms with E-state index in [4.69, 9.17) is 26.1 Å². The summed E-state index contributed by atoms with van der Waals surface area (Å²) in [4.78, 5) is 30.0. The maximum Gasteiger partial charge on any atom is 0.313 e. The first-order valence-electron chi connectivity index (χ1n) is 14.3. The second-order valence-corrected chi connectivity index (χ2v) is 11.0. The number of fused-ring (bicyclic) bond motifs is 1. The van der Waals surface area contributed by atoms with Crippen LogP contribution in [0.5, 0.6) is 11.5 Å². The molecule has 1 aromatic heterocycles. The van der Waals surface area contributed by atoms with Crippen molar-refractivity contribution in [3.8, 4) is 22.9 Å². The molecule has 0 aliphatic rings. The van der Waals surface area contributed by atoms with E-state index in [0.717, 1.165) is 16.9 Å². The lowest BCUT2D eigenvalue weighted by Gasteiger charge is -2.18. The highest BCUT2D eigenvalue weighted by molar-refractivity contribution is 6.32. The number of aromatic nitrogens is 2. The second kappa shape index (κ2) is 13.3. The van der Waals surface area contributed by atoms with Crippen molar-refractivity contribution in [2.45, 2.75) is 40.2 Å². The van der Waals surface area contributed by atoms with Gasteiger partial charge in [0.05, 0.1) is 33.7 Å². The molecular weight excluding hydrogens is 599 g/mol. The minimum atomic E-state index is -0.616. The number of benzene rings is 4. The van der Waals surface area contributed by atoms with Crippen LogP contribution < -0.4 is 15.0 Å². The lowest BCUT2D eigenvalue weighted by atomic mass is 9.96. The molecule has 0 aliphatic carbocycles. The summed E-state index contributed by atoms with van der Waals surface area (Å²) in [5, 5.41) is 16.8. The molecule has 0 amide bonds. The van der Waals surface area contributed by atoms with Crippen LogP contribution in [0, 0.1) is 22.9 Å². The van der Waals surface area contributed by atoms with Gasteiger partial charge in [-0.25, -0.2) is 9.37 Å². The first kappa shape index (κ1) is 31.3. The van der Waals surface area contributed by atoms with Crippen LogP contribution in [0.1, 0.15) is 48.9 Å². The Kier molecular flexibility index (Phi) is 9.24. The molecule has 45 heavy (non-hydrogen) atoms. The van der Waals surface area contributed by atoms with Crippen molar-refractivity contribution < 1.29 is 18.8 Å². The molecule has 0 fully saturated rings. The molecule has 9 nitrogen and oxygen atoms in total. The lowest BCUT2D eigenvalue weighted by molar-refractivity contribution is -0.385. The Labute approximate surface area is 263 Å². The Morgan fingerprint density at radius 2 is 1.82 bits per heavy atom. The highest BCUT2D eigenvalue weighted by atomic mass is 35.5. The largest absolute Gasteiger partial charge is 0.494 e. The highest BCUT2D eigenvalue weighted by Crippen LogP contribution is 2.37. The number of nitro groups is 1. The normalized spacial score (nSPS) is 11.4. The van der Waals surface area contributed by atoms with E-state index in [9.17, 15) is 19.3 Å². The summed E-state index contributed by atoms with van der Waals surface area (Å²) < 4.78 is 26.0. The van der Waals surface area contributed by atoms with Crippen molar-refractivity contribution in [1.29, 1.82) is 0 Å². The van der Waals surface area contributed by atoms with E-state index in [2.05, 4.69) is 18.9 Å². The van der Waals surface area contributed by atoms with Crippen molar-refractivity contribution in [2.75, 3.05) is 6.61 Å². The number of ether oxygens (including phenoxy) is 2. The topological polar surface area (TPSA) is 109 Å². The third-order valence-corrected chi connectivity index (χ3v) is 7.42. The van der Waals surface area contributed by atoms with Crippen molar-refractivity contribution in [3.63, 3.8) is 0 Å². The number of hydrogen-bond donors (Lipinski definition) is 0. The Bertz CT molecular complexity index is 1990. The maximum absolute atomic E-state index is 13.8. The van der Waals surface area contributed by atoms with E-state index in [1.54, 1.807) is 24.3 Å². The Morgan fingerprint density at radius 3 is 2.51 bits per heavy atom. The second-order valence-electron chi connectivity index (χ2n) is 10.6. The summed E-state index contributed by atoms with van der Waals surface area (Å²) in [6, 6.07) is 19.1. The van der Waals surface area contributed by atoms with Gasteiger partial charge in [0.25, 0.3) is 5.56 Å². The van der Waals surface area contributed by atoms with Gasteiger partial charge < -0.3 is 9.47 Å². The summed E-state index contributed by atoms with van der Waals surface area (Å²) in [5.74, 6) is 0.641. The molecule has 11 heteroatoms. The molecule has 0 aliphatic heterocycles. The van der Waals surface area contributed by atoms with Crippen LogP contribution in [0.2, 0.25) is 5.02 Å². The van der Waals surface area contributed by atoms with Gasteiger partial charge in [0.15, 0.2) is 5.82 Å². The van der Waals surface area contributed by atoms with Gasteiger partial charge in [-0.3, -0.25) is 14.9 Å². The predicted octanol–water partition coefficient (Wildman–Crippen LogP) is 8.06. The summed E-state index contributed by atoms with van der Waals surface area (Å²) in [5.41, 5.74) is 3.04. The molecule has 0 radical (unpaired) electrons. The van der Waals surface area contributed by atoms with E-state index in [0.29, 0.717) is 34.5 Å². The van der Waals surface area contributed by atoms with Gasteiger partial charge >= 0.3 is 5.69 Å². The Hall–Kier alpha value is -5.09. The number of aryl methyl sites for hydroxylation is 1. The van der Waals surface area contributed by atoms with Crippen molar-refractivity contribution in [1.82, 2.24) is 9.66 Å². The fourth-order valence-corrected chi connectivity index (χ4v) is 5.17. The SMILES string of the molecule is CCOc1cc(C)c(-c2nc3ccccc3c(=O)n2N=Cc2cc(Cl)c(OCc3ccc(F)cc3)c([N+](=O)[O-])c2)cc1C(C)C. The number of nitrogens with zero attached hydrogens (tertiary/aromatic N) is 4. The molecule has 0 saturated heterocycles. The Balaban J connectivity index is 1.61. The molecule has 0 saturated carbocycles.